The molecule has 0 aliphatic rings. The Bertz CT molecular complexity index is 954. The quantitative estimate of drug-likeness (QED) is 0.553. The summed E-state index contributed by atoms with van der Waals surface area (Å²) in [6.45, 7) is 0.0798. The molecule has 1 aromatic carbocycles. The fourth-order valence-corrected chi connectivity index (χ4v) is 2.17. The van der Waals surface area contributed by atoms with Crippen LogP contribution in [0.1, 0.15) is 10.5 Å². The summed E-state index contributed by atoms with van der Waals surface area (Å²) in [5, 5.41) is 21.1. The molecule has 0 fully saturated rings. The molecule has 2 heterocycles. The second-order valence-corrected chi connectivity index (χ2v) is 5.39. The van der Waals surface area contributed by atoms with Crippen molar-refractivity contribution in [1.29, 1.82) is 0 Å². The first-order chi connectivity index (χ1) is 11.9. The molecule has 0 atom stereocenters. The van der Waals surface area contributed by atoms with Gasteiger partial charge in [-0.15, -0.1) is 0 Å². The normalized spacial score (nSPS) is 10.6. The molecule has 0 aliphatic heterocycles. The Balaban J connectivity index is 1.69. The van der Waals surface area contributed by atoms with Crippen molar-refractivity contribution in [3.05, 3.63) is 69.5 Å². The van der Waals surface area contributed by atoms with Gasteiger partial charge in [0.25, 0.3) is 5.91 Å². The number of amides is 1. The van der Waals surface area contributed by atoms with Crippen molar-refractivity contribution in [2.75, 3.05) is 5.32 Å². The third kappa shape index (κ3) is 3.80. The van der Waals surface area contributed by atoms with Gasteiger partial charge in [-0.3, -0.25) is 19.6 Å². The highest BCUT2D eigenvalue weighted by Gasteiger charge is 2.14. The number of nitro groups is 1. The molecule has 2 aromatic heterocycles. The predicted octanol–water partition coefficient (Wildman–Crippen LogP) is 2.54. The predicted molar refractivity (Wildman–Crippen MR) is 85.9 cm³/mol. The minimum Gasteiger partial charge on any atom is -0.318 e. The number of rotatable bonds is 5. The summed E-state index contributed by atoms with van der Waals surface area (Å²) in [5.74, 6) is -1.27. The largest absolute Gasteiger partial charge is 0.318 e. The number of hydrogen-bond acceptors (Lipinski definition) is 5. The molecule has 9 nitrogen and oxygen atoms in total. The van der Waals surface area contributed by atoms with Gasteiger partial charge in [0.15, 0.2) is 5.69 Å². The Morgan fingerprint density at radius 3 is 2.84 bits per heavy atom. The van der Waals surface area contributed by atoms with Crippen LogP contribution in [0.15, 0.2) is 42.9 Å². The maximum absolute atomic E-state index is 13.7. The van der Waals surface area contributed by atoms with E-state index in [1.165, 1.54) is 40.0 Å². The van der Waals surface area contributed by atoms with Gasteiger partial charge in [0.05, 0.1) is 10.6 Å². The van der Waals surface area contributed by atoms with Gasteiger partial charge in [-0.05, 0) is 24.3 Å². The van der Waals surface area contributed by atoms with Gasteiger partial charge in [-0.1, -0.05) is 11.6 Å². The van der Waals surface area contributed by atoms with Crippen LogP contribution in [0.25, 0.3) is 0 Å². The van der Waals surface area contributed by atoms with E-state index in [-0.39, 0.29) is 28.8 Å². The smallest absolute Gasteiger partial charge is 0.307 e. The summed E-state index contributed by atoms with van der Waals surface area (Å²) in [4.78, 5) is 22.2. The Kier molecular flexibility index (Phi) is 4.44. The summed E-state index contributed by atoms with van der Waals surface area (Å²) in [5.41, 5.74) is -0.119. The molecule has 0 aliphatic carbocycles. The summed E-state index contributed by atoms with van der Waals surface area (Å²) in [6.07, 6.45) is 3.85. The summed E-state index contributed by atoms with van der Waals surface area (Å²) >= 11 is 5.65. The molecule has 25 heavy (non-hydrogen) atoms. The van der Waals surface area contributed by atoms with E-state index >= 15 is 0 Å². The Labute approximate surface area is 144 Å². The fourth-order valence-electron chi connectivity index (χ4n) is 2.01. The van der Waals surface area contributed by atoms with Gasteiger partial charge in [-0.2, -0.15) is 10.2 Å². The van der Waals surface area contributed by atoms with E-state index in [1.807, 2.05) is 0 Å². The molecule has 0 spiro atoms. The van der Waals surface area contributed by atoms with Crippen LogP contribution in [0.5, 0.6) is 0 Å². The topological polar surface area (TPSA) is 108 Å². The molecule has 3 aromatic rings. The monoisotopic (exact) mass is 364 g/mol. The summed E-state index contributed by atoms with van der Waals surface area (Å²) < 4.78 is 16.4. The van der Waals surface area contributed by atoms with Crippen LogP contribution in [0.2, 0.25) is 5.02 Å². The average molecular weight is 365 g/mol. The fraction of sp³-hybridized carbons (Fsp3) is 0.0714. The van der Waals surface area contributed by atoms with Gasteiger partial charge in [0.2, 0.25) is 0 Å². The van der Waals surface area contributed by atoms with Gasteiger partial charge < -0.3 is 5.32 Å². The van der Waals surface area contributed by atoms with Gasteiger partial charge in [0.1, 0.15) is 24.9 Å². The lowest BCUT2D eigenvalue weighted by molar-refractivity contribution is -0.385. The van der Waals surface area contributed by atoms with E-state index in [4.69, 9.17) is 11.6 Å². The van der Waals surface area contributed by atoms with E-state index in [1.54, 1.807) is 0 Å². The SMILES string of the molecule is O=C(Nc1ccc(Cl)cc1F)c1ccn(Cn2cc([N+](=O)[O-])cn2)n1. The number of hydrogen-bond donors (Lipinski definition) is 1. The van der Waals surface area contributed by atoms with Crippen molar-refractivity contribution >= 4 is 28.9 Å². The van der Waals surface area contributed by atoms with Crippen LogP contribution in [-0.2, 0) is 6.67 Å². The lowest BCUT2D eigenvalue weighted by atomic mass is 10.3. The maximum Gasteiger partial charge on any atom is 0.307 e. The van der Waals surface area contributed by atoms with Crippen molar-refractivity contribution in [1.82, 2.24) is 19.6 Å². The number of halogens is 2. The first kappa shape index (κ1) is 16.6. The Hall–Kier alpha value is -3.27. The summed E-state index contributed by atoms with van der Waals surface area (Å²) in [6, 6.07) is 5.31. The zero-order valence-electron chi connectivity index (χ0n) is 12.5. The molecule has 128 valence electrons. The highest BCUT2D eigenvalue weighted by Crippen LogP contribution is 2.19. The van der Waals surface area contributed by atoms with Gasteiger partial charge >= 0.3 is 5.69 Å². The standard InChI is InChI=1S/C14H10ClFN6O3/c15-9-1-2-12(11(16)5-9)18-14(23)13-3-4-20(19-13)8-21-7-10(6-17-21)22(24)25/h1-7H,8H2,(H,18,23). The molecule has 11 heteroatoms. The third-order valence-electron chi connectivity index (χ3n) is 3.17. The van der Waals surface area contributed by atoms with Crippen molar-refractivity contribution in [2.45, 2.75) is 6.67 Å². The average Bonchev–Trinajstić information content (AvgIpc) is 3.20. The van der Waals surface area contributed by atoms with Crippen LogP contribution in [0, 0.1) is 15.9 Å². The number of anilines is 1. The lowest BCUT2D eigenvalue weighted by Gasteiger charge is -2.05. The van der Waals surface area contributed by atoms with E-state index in [9.17, 15) is 19.3 Å². The van der Waals surface area contributed by atoms with Crippen LogP contribution in [-0.4, -0.2) is 30.4 Å². The summed E-state index contributed by atoms with van der Waals surface area (Å²) in [7, 11) is 0. The minimum absolute atomic E-state index is 0.0216. The number of nitrogens with one attached hydrogen (secondary N) is 1. The maximum atomic E-state index is 13.7. The second-order valence-electron chi connectivity index (χ2n) is 4.96. The lowest BCUT2D eigenvalue weighted by Crippen LogP contribution is -2.15. The molecule has 0 saturated carbocycles. The van der Waals surface area contributed by atoms with Crippen LogP contribution >= 0.6 is 11.6 Å². The first-order valence-electron chi connectivity index (χ1n) is 6.89. The molecule has 0 unspecified atom stereocenters. The molecular weight excluding hydrogens is 355 g/mol. The first-order valence-corrected chi connectivity index (χ1v) is 7.27. The van der Waals surface area contributed by atoms with E-state index in [2.05, 4.69) is 15.5 Å². The highest BCUT2D eigenvalue weighted by molar-refractivity contribution is 6.30. The van der Waals surface area contributed by atoms with Crippen LogP contribution in [0.3, 0.4) is 0 Å². The molecule has 1 amide bonds. The number of carbonyl (C=O) groups is 1. The number of carbonyl (C=O) groups excluding carboxylic acids is 1. The number of nitrogens with zero attached hydrogens (tertiary/aromatic N) is 5. The van der Waals surface area contributed by atoms with Crippen LogP contribution < -0.4 is 5.32 Å². The van der Waals surface area contributed by atoms with Gasteiger partial charge in [-0.25, -0.2) is 9.07 Å². The molecule has 0 radical (unpaired) electrons. The second kappa shape index (κ2) is 6.69. The highest BCUT2D eigenvalue weighted by atomic mass is 35.5. The Morgan fingerprint density at radius 1 is 1.36 bits per heavy atom. The van der Waals surface area contributed by atoms with Crippen LogP contribution in [0.4, 0.5) is 15.8 Å². The molecular formula is C14H10ClFN6O3. The van der Waals surface area contributed by atoms with Crippen molar-refractivity contribution in [2.24, 2.45) is 0 Å². The number of benzene rings is 1. The van der Waals surface area contributed by atoms with E-state index in [0.717, 1.165) is 12.3 Å². The van der Waals surface area contributed by atoms with E-state index in [0.29, 0.717) is 0 Å². The van der Waals surface area contributed by atoms with Crippen molar-refractivity contribution in [3.63, 3.8) is 0 Å². The van der Waals surface area contributed by atoms with Gasteiger partial charge in [0, 0.05) is 11.2 Å². The minimum atomic E-state index is -0.663. The molecule has 1 N–H and O–H groups in total. The van der Waals surface area contributed by atoms with E-state index < -0.39 is 16.6 Å². The molecule has 0 bridgehead atoms. The zero-order valence-corrected chi connectivity index (χ0v) is 13.2. The van der Waals surface area contributed by atoms with Crippen molar-refractivity contribution in [3.8, 4) is 0 Å². The molecule has 3 rings (SSSR count). The number of aromatic nitrogens is 4. The molecule has 0 saturated heterocycles. The zero-order chi connectivity index (χ0) is 18.0. The van der Waals surface area contributed by atoms with Crippen molar-refractivity contribution < 1.29 is 14.1 Å². The Morgan fingerprint density at radius 2 is 2.16 bits per heavy atom. The third-order valence-corrected chi connectivity index (χ3v) is 3.41.